The normalized spacial score (nSPS) is 16.8. The van der Waals surface area contributed by atoms with Gasteiger partial charge in [0.25, 0.3) is 0 Å². The lowest BCUT2D eigenvalue weighted by atomic mass is 10.1. The van der Waals surface area contributed by atoms with Gasteiger partial charge in [0.05, 0.1) is 4.90 Å². The van der Waals surface area contributed by atoms with Crippen molar-refractivity contribution in [1.82, 2.24) is 14.3 Å². The van der Waals surface area contributed by atoms with E-state index in [-0.39, 0.29) is 0 Å². The van der Waals surface area contributed by atoms with Crippen LogP contribution in [0.25, 0.3) is 10.8 Å². The highest BCUT2D eigenvalue weighted by Crippen LogP contribution is 2.36. The molecule has 2 aromatic carbocycles. The van der Waals surface area contributed by atoms with Crippen LogP contribution in [-0.4, -0.2) is 63.0 Å². The summed E-state index contributed by atoms with van der Waals surface area (Å²) in [6.45, 7) is 3.95. The number of aromatic nitrogens is 2. The Morgan fingerprint density at radius 2 is 1.74 bits per heavy atom. The smallest absolute Gasteiger partial charge is 0.243 e. The molecule has 1 aliphatic heterocycles. The maximum absolute atomic E-state index is 13.5. The average Bonchev–Trinajstić information content (AvgIpc) is 3.19. The molecule has 2 heterocycles. The fourth-order valence-electron chi connectivity index (χ4n) is 4.65. The summed E-state index contributed by atoms with van der Waals surface area (Å²) in [5, 5.41) is 2.26. The van der Waals surface area contributed by atoms with E-state index < -0.39 is 10.0 Å². The highest BCUT2D eigenvalue weighted by atomic mass is 32.2. The number of piperazine rings is 1. The maximum Gasteiger partial charge on any atom is 0.243 e. The summed E-state index contributed by atoms with van der Waals surface area (Å²) in [4.78, 5) is 13.7. The molecule has 1 fully saturated rings. The molecule has 0 N–H and O–H groups in total. The van der Waals surface area contributed by atoms with Gasteiger partial charge in [0.2, 0.25) is 16.0 Å². The first kappa shape index (κ1) is 20.2. The second-order valence-corrected chi connectivity index (χ2v) is 10.4. The number of hydrogen-bond acceptors (Lipinski definition) is 6. The second kappa shape index (κ2) is 7.46. The predicted molar refractivity (Wildman–Crippen MR) is 123 cm³/mol. The van der Waals surface area contributed by atoms with Crippen LogP contribution in [0.1, 0.15) is 16.8 Å². The Bertz CT molecular complexity index is 1260. The van der Waals surface area contributed by atoms with Crippen molar-refractivity contribution in [3.8, 4) is 0 Å². The Kier molecular flexibility index (Phi) is 4.86. The third-order valence-corrected chi connectivity index (χ3v) is 8.25. The second-order valence-electron chi connectivity index (χ2n) is 8.51. The van der Waals surface area contributed by atoms with Crippen molar-refractivity contribution in [1.29, 1.82) is 0 Å². The van der Waals surface area contributed by atoms with Gasteiger partial charge < -0.3 is 9.80 Å². The van der Waals surface area contributed by atoms with Gasteiger partial charge in [-0.3, -0.25) is 0 Å². The van der Waals surface area contributed by atoms with E-state index >= 15 is 0 Å². The Labute approximate surface area is 183 Å². The van der Waals surface area contributed by atoms with Gasteiger partial charge in [0.15, 0.2) is 0 Å². The Morgan fingerprint density at radius 1 is 0.968 bits per heavy atom. The molecule has 0 unspecified atom stereocenters. The van der Waals surface area contributed by atoms with Gasteiger partial charge in [-0.05, 0) is 47.7 Å². The minimum atomic E-state index is -3.54. The molecular weight excluding hydrogens is 410 g/mol. The molecule has 0 atom stereocenters. The summed E-state index contributed by atoms with van der Waals surface area (Å²) in [5.74, 6) is 1.52. The average molecular weight is 438 g/mol. The van der Waals surface area contributed by atoms with Crippen LogP contribution in [0.5, 0.6) is 0 Å². The number of benzene rings is 2. The summed E-state index contributed by atoms with van der Waals surface area (Å²) in [6, 6.07) is 11.9. The van der Waals surface area contributed by atoms with Crippen molar-refractivity contribution in [3.63, 3.8) is 0 Å². The summed E-state index contributed by atoms with van der Waals surface area (Å²) in [6.07, 6.45) is 1.70. The molecule has 0 saturated carbocycles. The molecule has 162 valence electrons. The van der Waals surface area contributed by atoms with Gasteiger partial charge in [-0.2, -0.15) is 9.29 Å². The van der Waals surface area contributed by atoms with Crippen molar-refractivity contribution >= 4 is 32.6 Å². The maximum atomic E-state index is 13.5. The molecular formula is C23H27N5O2S. The Hall–Kier alpha value is -2.71. The molecule has 2 aliphatic rings. The van der Waals surface area contributed by atoms with Crippen LogP contribution < -0.4 is 9.80 Å². The van der Waals surface area contributed by atoms with E-state index in [2.05, 4.69) is 33.1 Å². The summed E-state index contributed by atoms with van der Waals surface area (Å²) >= 11 is 0. The third-order valence-electron chi connectivity index (χ3n) is 6.27. The summed E-state index contributed by atoms with van der Waals surface area (Å²) in [5.41, 5.74) is 3.13. The van der Waals surface area contributed by atoms with E-state index in [4.69, 9.17) is 0 Å². The SMILES string of the molecule is Cc1cc(N(C)C)nc(N2CCN(S(=O)(=O)c3ccc4cccc5c4c3CC5)CC2)n1. The van der Waals surface area contributed by atoms with Gasteiger partial charge in [-0.15, -0.1) is 0 Å². The zero-order valence-corrected chi connectivity index (χ0v) is 19.0. The zero-order chi connectivity index (χ0) is 21.8. The largest absolute Gasteiger partial charge is 0.363 e. The first-order chi connectivity index (χ1) is 14.8. The quantitative estimate of drug-likeness (QED) is 0.625. The van der Waals surface area contributed by atoms with Crippen LogP contribution >= 0.6 is 0 Å². The Morgan fingerprint density at radius 3 is 2.48 bits per heavy atom. The number of hydrogen-bond donors (Lipinski definition) is 0. The molecule has 1 aliphatic carbocycles. The summed E-state index contributed by atoms with van der Waals surface area (Å²) in [7, 11) is 0.367. The van der Waals surface area contributed by atoms with Crippen LogP contribution in [0.15, 0.2) is 41.3 Å². The fourth-order valence-corrected chi connectivity index (χ4v) is 6.33. The van der Waals surface area contributed by atoms with E-state index in [0.717, 1.165) is 40.7 Å². The van der Waals surface area contributed by atoms with Crippen LogP contribution in [0.2, 0.25) is 0 Å². The molecule has 1 saturated heterocycles. The number of anilines is 2. The van der Waals surface area contributed by atoms with Crippen molar-refractivity contribution in [3.05, 3.63) is 53.2 Å². The third kappa shape index (κ3) is 3.43. The molecule has 0 bridgehead atoms. The van der Waals surface area contributed by atoms with Gasteiger partial charge in [0, 0.05) is 52.0 Å². The first-order valence-corrected chi connectivity index (χ1v) is 12.1. The summed E-state index contributed by atoms with van der Waals surface area (Å²) < 4.78 is 28.7. The standard InChI is InChI=1S/C23H27N5O2S/c1-16-15-21(26(2)3)25-23(24-16)27-11-13-28(14-12-27)31(29,30)20-10-8-18-6-4-5-17-7-9-19(20)22(17)18/h4-6,8,10,15H,7,9,11-14H2,1-3H3. The molecule has 1 aromatic heterocycles. The molecule has 0 radical (unpaired) electrons. The lowest BCUT2D eigenvalue weighted by Gasteiger charge is -2.34. The lowest BCUT2D eigenvalue weighted by molar-refractivity contribution is 0.382. The van der Waals surface area contributed by atoms with E-state index in [1.807, 2.05) is 38.1 Å². The minimum Gasteiger partial charge on any atom is -0.363 e. The van der Waals surface area contributed by atoms with E-state index in [1.54, 1.807) is 10.4 Å². The van der Waals surface area contributed by atoms with Gasteiger partial charge in [-0.25, -0.2) is 13.4 Å². The lowest BCUT2D eigenvalue weighted by Crippen LogP contribution is -2.49. The van der Waals surface area contributed by atoms with E-state index in [0.29, 0.717) is 37.0 Å². The van der Waals surface area contributed by atoms with Gasteiger partial charge in [0.1, 0.15) is 5.82 Å². The zero-order valence-electron chi connectivity index (χ0n) is 18.2. The molecule has 31 heavy (non-hydrogen) atoms. The number of aryl methyl sites for hydroxylation is 3. The van der Waals surface area contributed by atoms with Crippen LogP contribution in [0.3, 0.4) is 0 Å². The monoisotopic (exact) mass is 437 g/mol. The van der Waals surface area contributed by atoms with Crippen LogP contribution in [-0.2, 0) is 22.9 Å². The highest BCUT2D eigenvalue weighted by molar-refractivity contribution is 7.89. The topological polar surface area (TPSA) is 69.6 Å². The van der Waals surface area contributed by atoms with Crippen molar-refractivity contribution in [2.45, 2.75) is 24.7 Å². The van der Waals surface area contributed by atoms with Crippen LogP contribution in [0.4, 0.5) is 11.8 Å². The number of sulfonamides is 1. The molecule has 7 nitrogen and oxygen atoms in total. The molecule has 5 rings (SSSR count). The van der Waals surface area contributed by atoms with Crippen molar-refractivity contribution in [2.75, 3.05) is 50.1 Å². The molecule has 8 heteroatoms. The molecule has 3 aromatic rings. The van der Waals surface area contributed by atoms with E-state index in [1.165, 1.54) is 5.56 Å². The highest BCUT2D eigenvalue weighted by Gasteiger charge is 2.33. The van der Waals surface area contributed by atoms with Crippen LogP contribution in [0, 0.1) is 6.92 Å². The molecule has 0 amide bonds. The van der Waals surface area contributed by atoms with Gasteiger partial charge in [-0.1, -0.05) is 24.3 Å². The Balaban J connectivity index is 1.40. The van der Waals surface area contributed by atoms with Crippen molar-refractivity contribution < 1.29 is 8.42 Å². The molecule has 0 spiro atoms. The number of nitrogens with zero attached hydrogens (tertiary/aromatic N) is 5. The van der Waals surface area contributed by atoms with Gasteiger partial charge >= 0.3 is 0 Å². The number of rotatable bonds is 4. The fraction of sp³-hybridized carbons (Fsp3) is 0.391. The minimum absolute atomic E-state index is 0.427. The predicted octanol–water partition coefficient (Wildman–Crippen LogP) is 2.61. The van der Waals surface area contributed by atoms with Crippen molar-refractivity contribution in [2.24, 2.45) is 0 Å². The van der Waals surface area contributed by atoms with E-state index in [9.17, 15) is 8.42 Å². The first-order valence-electron chi connectivity index (χ1n) is 10.7.